The van der Waals surface area contributed by atoms with Crippen LogP contribution in [0, 0.1) is 0 Å². The van der Waals surface area contributed by atoms with E-state index in [0.29, 0.717) is 41.1 Å². The zero-order valence-corrected chi connectivity index (χ0v) is 17.2. The van der Waals surface area contributed by atoms with E-state index in [2.05, 4.69) is 15.5 Å². The Labute approximate surface area is 179 Å². The molecule has 0 bridgehead atoms. The molecule has 2 heterocycles. The van der Waals surface area contributed by atoms with E-state index in [4.69, 9.17) is 16.1 Å². The minimum absolute atomic E-state index is 0.0122. The molecule has 1 aliphatic rings. The van der Waals surface area contributed by atoms with Gasteiger partial charge in [-0.3, -0.25) is 9.59 Å². The standard InChI is InChI=1S/C22H21ClN4O3/c1-14(28)24-19-9-7-15(8-10-19)20-25-21(30-26-20)17-5-3-11-27(13-17)22(29)16-4-2-6-18(23)12-16/h2,4,6-10,12,17H,3,5,11,13H2,1H3,(H,24,28)/t17-/m0/s1. The van der Waals surface area contributed by atoms with Gasteiger partial charge >= 0.3 is 0 Å². The fourth-order valence-corrected chi connectivity index (χ4v) is 3.78. The van der Waals surface area contributed by atoms with Crippen molar-refractivity contribution in [2.24, 2.45) is 0 Å². The van der Waals surface area contributed by atoms with E-state index in [1.165, 1.54) is 6.92 Å². The molecule has 3 aromatic rings. The highest BCUT2D eigenvalue weighted by atomic mass is 35.5. The van der Waals surface area contributed by atoms with Crippen molar-refractivity contribution in [3.05, 3.63) is 65.0 Å². The molecule has 0 unspecified atom stereocenters. The van der Waals surface area contributed by atoms with Crippen LogP contribution in [0.4, 0.5) is 5.69 Å². The average Bonchev–Trinajstić information content (AvgIpc) is 3.24. The van der Waals surface area contributed by atoms with Gasteiger partial charge in [-0.2, -0.15) is 4.98 Å². The number of aromatic nitrogens is 2. The number of likely N-dealkylation sites (tertiary alicyclic amines) is 1. The Kier molecular flexibility index (Phi) is 5.81. The SMILES string of the molecule is CC(=O)Nc1ccc(-c2noc([C@H]3CCCN(C(=O)c4cccc(Cl)c4)C3)n2)cc1. The normalized spacial score (nSPS) is 16.3. The molecule has 1 saturated heterocycles. The summed E-state index contributed by atoms with van der Waals surface area (Å²) in [5.41, 5.74) is 2.08. The van der Waals surface area contributed by atoms with Crippen molar-refractivity contribution in [3.63, 3.8) is 0 Å². The van der Waals surface area contributed by atoms with Crippen LogP contribution in [0.3, 0.4) is 0 Å². The Morgan fingerprint density at radius 3 is 2.73 bits per heavy atom. The van der Waals surface area contributed by atoms with Gasteiger partial charge in [-0.15, -0.1) is 0 Å². The highest BCUT2D eigenvalue weighted by molar-refractivity contribution is 6.30. The lowest BCUT2D eigenvalue weighted by atomic mass is 9.97. The molecule has 30 heavy (non-hydrogen) atoms. The van der Waals surface area contributed by atoms with Gasteiger partial charge in [-0.25, -0.2) is 0 Å². The summed E-state index contributed by atoms with van der Waals surface area (Å²) in [6.07, 6.45) is 1.74. The second-order valence-corrected chi connectivity index (χ2v) is 7.75. The third-order valence-corrected chi connectivity index (χ3v) is 5.27. The van der Waals surface area contributed by atoms with E-state index < -0.39 is 0 Å². The molecule has 8 heteroatoms. The molecule has 154 valence electrons. The number of nitrogens with one attached hydrogen (secondary N) is 1. The highest BCUT2D eigenvalue weighted by Gasteiger charge is 2.29. The van der Waals surface area contributed by atoms with E-state index in [1.54, 1.807) is 36.4 Å². The maximum Gasteiger partial charge on any atom is 0.253 e. The van der Waals surface area contributed by atoms with Gasteiger partial charge in [0.05, 0.1) is 5.92 Å². The molecule has 1 aliphatic heterocycles. The largest absolute Gasteiger partial charge is 0.339 e. The molecule has 0 spiro atoms. The molecule has 2 amide bonds. The Hall–Kier alpha value is -3.19. The zero-order chi connectivity index (χ0) is 21.1. The van der Waals surface area contributed by atoms with E-state index >= 15 is 0 Å². The van der Waals surface area contributed by atoms with E-state index in [0.717, 1.165) is 18.4 Å². The molecular formula is C22H21ClN4O3. The van der Waals surface area contributed by atoms with Crippen molar-refractivity contribution in [2.45, 2.75) is 25.7 Å². The summed E-state index contributed by atoms with van der Waals surface area (Å²) in [5.74, 6) is 0.827. The molecule has 1 aromatic heterocycles. The summed E-state index contributed by atoms with van der Waals surface area (Å²) in [5, 5.41) is 7.36. The van der Waals surface area contributed by atoms with Crippen LogP contribution < -0.4 is 5.32 Å². The molecule has 0 aliphatic carbocycles. The maximum atomic E-state index is 12.8. The van der Waals surface area contributed by atoms with Gasteiger partial charge in [0.15, 0.2) is 0 Å². The molecule has 1 atom stereocenters. The second-order valence-electron chi connectivity index (χ2n) is 7.32. The first-order valence-corrected chi connectivity index (χ1v) is 10.1. The van der Waals surface area contributed by atoms with Gasteiger partial charge in [0.2, 0.25) is 17.6 Å². The zero-order valence-electron chi connectivity index (χ0n) is 16.5. The molecule has 1 N–H and O–H groups in total. The Morgan fingerprint density at radius 1 is 1.20 bits per heavy atom. The van der Waals surface area contributed by atoms with Crippen LogP contribution in [-0.2, 0) is 4.79 Å². The molecule has 1 fully saturated rings. The second kappa shape index (κ2) is 8.67. The number of benzene rings is 2. The minimum atomic E-state index is -0.126. The number of nitrogens with zero attached hydrogens (tertiary/aromatic N) is 3. The maximum absolute atomic E-state index is 12.8. The van der Waals surface area contributed by atoms with Crippen LogP contribution in [0.15, 0.2) is 53.1 Å². The number of hydrogen-bond acceptors (Lipinski definition) is 5. The number of amides is 2. The van der Waals surface area contributed by atoms with Gasteiger partial charge in [0, 0.05) is 41.9 Å². The highest BCUT2D eigenvalue weighted by Crippen LogP contribution is 2.29. The number of anilines is 1. The quantitative estimate of drug-likeness (QED) is 0.671. The summed E-state index contributed by atoms with van der Waals surface area (Å²) < 4.78 is 5.52. The van der Waals surface area contributed by atoms with Crippen LogP contribution in [-0.4, -0.2) is 39.9 Å². The lowest BCUT2D eigenvalue weighted by molar-refractivity contribution is -0.114. The molecule has 4 rings (SSSR count). The van der Waals surface area contributed by atoms with Crippen molar-refractivity contribution in [2.75, 3.05) is 18.4 Å². The van der Waals surface area contributed by atoms with Crippen molar-refractivity contribution in [3.8, 4) is 11.4 Å². The monoisotopic (exact) mass is 424 g/mol. The summed E-state index contributed by atoms with van der Waals surface area (Å²) in [7, 11) is 0. The predicted molar refractivity (Wildman–Crippen MR) is 113 cm³/mol. The molecule has 2 aromatic carbocycles. The van der Waals surface area contributed by atoms with Crippen molar-refractivity contribution in [1.82, 2.24) is 15.0 Å². The first kappa shape index (κ1) is 20.1. The number of hydrogen-bond donors (Lipinski definition) is 1. The van der Waals surface area contributed by atoms with Crippen molar-refractivity contribution >= 4 is 29.1 Å². The van der Waals surface area contributed by atoms with Gasteiger partial charge in [0.1, 0.15) is 0 Å². The average molecular weight is 425 g/mol. The first-order valence-electron chi connectivity index (χ1n) is 9.76. The topological polar surface area (TPSA) is 88.3 Å². The van der Waals surface area contributed by atoms with Crippen molar-refractivity contribution < 1.29 is 14.1 Å². The van der Waals surface area contributed by atoms with Gasteiger partial charge in [-0.1, -0.05) is 22.8 Å². The van der Waals surface area contributed by atoms with Crippen LogP contribution in [0.25, 0.3) is 11.4 Å². The Balaban J connectivity index is 1.46. The fourth-order valence-electron chi connectivity index (χ4n) is 3.59. The minimum Gasteiger partial charge on any atom is -0.339 e. The van der Waals surface area contributed by atoms with Crippen molar-refractivity contribution in [1.29, 1.82) is 0 Å². The molecule has 0 radical (unpaired) electrons. The third kappa shape index (κ3) is 4.52. The van der Waals surface area contributed by atoms with Crippen LogP contribution in [0.5, 0.6) is 0 Å². The lowest BCUT2D eigenvalue weighted by Crippen LogP contribution is -2.39. The molecule has 7 nitrogen and oxygen atoms in total. The summed E-state index contributed by atoms with van der Waals surface area (Å²) in [6.45, 7) is 2.67. The number of carbonyl (C=O) groups is 2. The fraction of sp³-hybridized carbons (Fsp3) is 0.273. The van der Waals surface area contributed by atoms with Gasteiger partial charge in [0.25, 0.3) is 5.91 Å². The number of halogens is 1. The third-order valence-electron chi connectivity index (χ3n) is 5.03. The number of piperidine rings is 1. The summed E-state index contributed by atoms with van der Waals surface area (Å²) in [4.78, 5) is 30.3. The van der Waals surface area contributed by atoms with E-state index in [-0.39, 0.29) is 17.7 Å². The first-order chi connectivity index (χ1) is 14.5. The predicted octanol–water partition coefficient (Wildman–Crippen LogP) is 4.37. The molecule has 0 saturated carbocycles. The number of rotatable bonds is 4. The lowest BCUT2D eigenvalue weighted by Gasteiger charge is -2.31. The van der Waals surface area contributed by atoms with E-state index in [9.17, 15) is 9.59 Å². The van der Waals surface area contributed by atoms with Gasteiger partial charge in [-0.05, 0) is 55.3 Å². The van der Waals surface area contributed by atoms with E-state index in [1.807, 2.05) is 17.0 Å². The Morgan fingerprint density at radius 2 is 2.00 bits per heavy atom. The smallest absolute Gasteiger partial charge is 0.253 e. The molecular weight excluding hydrogens is 404 g/mol. The Bertz CT molecular complexity index is 1060. The van der Waals surface area contributed by atoms with Crippen LogP contribution in [0.2, 0.25) is 5.02 Å². The number of carbonyl (C=O) groups excluding carboxylic acids is 2. The summed E-state index contributed by atoms with van der Waals surface area (Å²) in [6, 6.07) is 14.2. The van der Waals surface area contributed by atoms with Gasteiger partial charge < -0.3 is 14.7 Å². The summed E-state index contributed by atoms with van der Waals surface area (Å²) >= 11 is 6.02. The van der Waals surface area contributed by atoms with Crippen LogP contribution >= 0.6 is 11.6 Å². The van der Waals surface area contributed by atoms with Crippen LogP contribution in [0.1, 0.15) is 41.9 Å².